The molecule has 0 bridgehead atoms. The monoisotopic (exact) mass is 385 g/mol. The van der Waals surface area contributed by atoms with E-state index in [-0.39, 0.29) is 29.0 Å². The molecule has 9 heteroatoms. The third kappa shape index (κ3) is 3.75. The second-order valence-electron chi connectivity index (χ2n) is 5.14. The Hall–Kier alpha value is -2.74. The SMILES string of the molecule is CCOC(=O)c1cc2cc(Oc3ncc(C(F)(F)F)cc3Cl)ccc2o1. The zero-order chi connectivity index (χ0) is 18.9. The lowest BCUT2D eigenvalue weighted by Crippen LogP contribution is -2.05. The maximum atomic E-state index is 12.6. The molecule has 0 aliphatic carbocycles. The van der Waals surface area contributed by atoms with Crippen molar-refractivity contribution in [1.29, 1.82) is 0 Å². The van der Waals surface area contributed by atoms with Gasteiger partial charge in [-0.15, -0.1) is 0 Å². The molecule has 0 amide bonds. The van der Waals surface area contributed by atoms with E-state index in [1.807, 2.05) is 0 Å². The van der Waals surface area contributed by atoms with Gasteiger partial charge in [0, 0.05) is 11.6 Å². The van der Waals surface area contributed by atoms with Crippen LogP contribution in [0.2, 0.25) is 5.02 Å². The molecule has 0 saturated heterocycles. The summed E-state index contributed by atoms with van der Waals surface area (Å²) < 4.78 is 53.6. The number of carbonyl (C=O) groups is 1. The fourth-order valence-electron chi connectivity index (χ4n) is 2.15. The zero-order valence-electron chi connectivity index (χ0n) is 13.3. The first-order valence-electron chi connectivity index (χ1n) is 7.39. The number of hydrogen-bond donors (Lipinski definition) is 0. The highest BCUT2D eigenvalue weighted by atomic mass is 35.5. The van der Waals surface area contributed by atoms with E-state index in [4.69, 9.17) is 25.5 Å². The molecule has 136 valence electrons. The van der Waals surface area contributed by atoms with Crippen LogP contribution < -0.4 is 4.74 Å². The normalized spacial score (nSPS) is 11.6. The minimum Gasteiger partial charge on any atom is -0.460 e. The van der Waals surface area contributed by atoms with Crippen molar-refractivity contribution in [3.8, 4) is 11.6 Å². The van der Waals surface area contributed by atoms with Crippen LogP contribution in [0.5, 0.6) is 11.6 Å². The average molecular weight is 386 g/mol. The Morgan fingerprint density at radius 1 is 1.27 bits per heavy atom. The predicted octanol–water partition coefficient (Wildman–Crippen LogP) is 5.47. The van der Waals surface area contributed by atoms with Gasteiger partial charge < -0.3 is 13.9 Å². The number of ether oxygens (including phenoxy) is 2. The van der Waals surface area contributed by atoms with Gasteiger partial charge in [-0.1, -0.05) is 11.6 Å². The zero-order valence-corrected chi connectivity index (χ0v) is 14.0. The van der Waals surface area contributed by atoms with Gasteiger partial charge in [0.05, 0.1) is 12.2 Å². The summed E-state index contributed by atoms with van der Waals surface area (Å²) in [6.07, 6.45) is -3.91. The Kier molecular flexibility index (Phi) is 4.78. The number of aromatic nitrogens is 1. The van der Waals surface area contributed by atoms with Crippen LogP contribution in [0, 0.1) is 0 Å². The van der Waals surface area contributed by atoms with E-state index in [0.29, 0.717) is 17.2 Å². The molecule has 0 atom stereocenters. The van der Waals surface area contributed by atoms with Crippen LogP contribution in [0.25, 0.3) is 11.0 Å². The van der Waals surface area contributed by atoms with E-state index in [1.54, 1.807) is 13.0 Å². The molecule has 2 aromatic heterocycles. The molecule has 0 N–H and O–H groups in total. The van der Waals surface area contributed by atoms with E-state index >= 15 is 0 Å². The lowest BCUT2D eigenvalue weighted by Gasteiger charge is -2.10. The first kappa shape index (κ1) is 18.1. The van der Waals surface area contributed by atoms with E-state index in [0.717, 1.165) is 6.07 Å². The molecule has 0 spiro atoms. The lowest BCUT2D eigenvalue weighted by molar-refractivity contribution is -0.137. The third-order valence-electron chi connectivity index (χ3n) is 3.31. The maximum absolute atomic E-state index is 12.6. The molecule has 3 aromatic rings. The third-order valence-corrected chi connectivity index (χ3v) is 3.58. The Bertz CT molecular complexity index is 968. The number of furan rings is 1. The average Bonchev–Trinajstić information content (AvgIpc) is 2.99. The van der Waals surface area contributed by atoms with Crippen molar-refractivity contribution >= 4 is 28.5 Å². The second-order valence-corrected chi connectivity index (χ2v) is 5.55. The standard InChI is InChI=1S/C17H11ClF3NO4/c1-2-24-16(23)14-6-9-5-11(3-4-13(9)26-14)25-15-12(18)7-10(8-22-15)17(19,20)21/h3-8H,2H2,1H3. The first-order valence-corrected chi connectivity index (χ1v) is 7.77. The molecular formula is C17H11ClF3NO4. The van der Waals surface area contributed by atoms with Gasteiger partial charge in [-0.05, 0) is 37.3 Å². The van der Waals surface area contributed by atoms with Crippen molar-refractivity contribution in [2.45, 2.75) is 13.1 Å². The predicted molar refractivity (Wildman–Crippen MR) is 86.5 cm³/mol. The van der Waals surface area contributed by atoms with Crippen molar-refractivity contribution in [2.24, 2.45) is 0 Å². The quantitative estimate of drug-likeness (QED) is 0.557. The highest BCUT2D eigenvalue weighted by molar-refractivity contribution is 6.31. The number of fused-ring (bicyclic) bond motifs is 1. The topological polar surface area (TPSA) is 61.6 Å². The fourth-order valence-corrected chi connectivity index (χ4v) is 2.36. The van der Waals surface area contributed by atoms with Gasteiger partial charge in [-0.2, -0.15) is 13.2 Å². The number of benzene rings is 1. The van der Waals surface area contributed by atoms with Gasteiger partial charge >= 0.3 is 12.1 Å². The number of hydrogen-bond acceptors (Lipinski definition) is 5. The second kappa shape index (κ2) is 6.87. The number of rotatable bonds is 4. The van der Waals surface area contributed by atoms with Crippen molar-refractivity contribution in [1.82, 2.24) is 4.98 Å². The molecule has 0 unspecified atom stereocenters. The van der Waals surface area contributed by atoms with Gasteiger partial charge in [0.15, 0.2) is 0 Å². The van der Waals surface area contributed by atoms with Gasteiger partial charge in [0.25, 0.3) is 0 Å². The smallest absolute Gasteiger partial charge is 0.417 e. The number of alkyl halides is 3. The lowest BCUT2D eigenvalue weighted by atomic mass is 10.2. The van der Waals surface area contributed by atoms with E-state index in [9.17, 15) is 18.0 Å². The molecule has 5 nitrogen and oxygen atoms in total. The van der Waals surface area contributed by atoms with E-state index in [1.165, 1.54) is 18.2 Å². The van der Waals surface area contributed by atoms with Crippen molar-refractivity contribution in [2.75, 3.05) is 6.61 Å². The molecule has 0 aliphatic rings. The van der Waals surface area contributed by atoms with Crippen LogP contribution in [-0.4, -0.2) is 17.6 Å². The van der Waals surface area contributed by atoms with E-state index in [2.05, 4.69) is 4.98 Å². The number of carbonyl (C=O) groups excluding carboxylic acids is 1. The Balaban J connectivity index is 1.86. The molecule has 26 heavy (non-hydrogen) atoms. The van der Waals surface area contributed by atoms with Crippen LogP contribution in [0.3, 0.4) is 0 Å². The van der Waals surface area contributed by atoms with E-state index < -0.39 is 17.7 Å². The first-order chi connectivity index (χ1) is 12.3. The molecule has 3 rings (SSSR count). The molecule has 0 aliphatic heterocycles. The number of nitrogens with zero attached hydrogens (tertiary/aromatic N) is 1. The van der Waals surface area contributed by atoms with Crippen LogP contribution >= 0.6 is 11.6 Å². The van der Waals surface area contributed by atoms with Crippen LogP contribution in [0.1, 0.15) is 23.0 Å². The Morgan fingerprint density at radius 2 is 2.04 bits per heavy atom. The number of pyridine rings is 1. The van der Waals surface area contributed by atoms with Gasteiger partial charge in [-0.3, -0.25) is 0 Å². The number of esters is 1. The molecule has 0 fully saturated rings. The summed E-state index contributed by atoms with van der Waals surface area (Å²) in [6.45, 7) is 1.88. The fraction of sp³-hybridized carbons (Fsp3) is 0.176. The summed E-state index contributed by atoms with van der Waals surface area (Å²) in [5.74, 6) is -0.473. The molecule has 1 aromatic carbocycles. The largest absolute Gasteiger partial charge is 0.460 e. The molecule has 0 radical (unpaired) electrons. The molecular weight excluding hydrogens is 375 g/mol. The van der Waals surface area contributed by atoms with Crippen molar-refractivity contribution in [3.63, 3.8) is 0 Å². The Labute approximate surface area is 150 Å². The van der Waals surface area contributed by atoms with Gasteiger partial charge in [-0.25, -0.2) is 9.78 Å². The highest BCUT2D eigenvalue weighted by Crippen LogP contribution is 2.35. The minimum absolute atomic E-state index is 0.0321. The summed E-state index contributed by atoms with van der Waals surface area (Å²) in [7, 11) is 0. The van der Waals surface area contributed by atoms with Gasteiger partial charge in [0.2, 0.25) is 11.6 Å². The summed E-state index contributed by atoms with van der Waals surface area (Å²) >= 11 is 5.82. The molecule has 2 heterocycles. The van der Waals surface area contributed by atoms with Crippen LogP contribution in [0.15, 0.2) is 40.9 Å². The summed E-state index contributed by atoms with van der Waals surface area (Å²) in [5, 5.41) is 0.271. The Morgan fingerprint density at radius 3 is 2.69 bits per heavy atom. The van der Waals surface area contributed by atoms with Gasteiger partial charge in [0.1, 0.15) is 16.4 Å². The van der Waals surface area contributed by atoms with Crippen molar-refractivity contribution in [3.05, 3.63) is 52.9 Å². The summed E-state index contributed by atoms with van der Waals surface area (Å²) in [4.78, 5) is 15.3. The van der Waals surface area contributed by atoms with Crippen LogP contribution in [-0.2, 0) is 10.9 Å². The molecule has 0 saturated carbocycles. The summed E-state index contributed by atoms with van der Waals surface area (Å²) in [6, 6.07) is 6.81. The minimum atomic E-state index is -4.55. The highest BCUT2D eigenvalue weighted by Gasteiger charge is 2.31. The summed E-state index contributed by atoms with van der Waals surface area (Å²) in [5.41, 5.74) is -0.550. The van der Waals surface area contributed by atoms with Crippen LogP contribution in [0.4, 0.5) is 13.2 Å². The van der Waals surface area contributed by atoms with Crippen molar-refractivity contribution < 1.29 is 31.9 Å². The number of halogens is 4. The maximum Gasteiger partial charge on any atom is 0.417 e.